The molecule has 32 heavy (non-hydrogen) atoms. The van der Waals surface area contributed by atoms with Crippen molar-refractivity contribution < 1.29 is 18.4 Å². The Hall–Kier alpha value is -3.29. The van der Waals surface area contributed by atoms with E-state index < -0.39 is 17.7 Å². The second-order valence-corrected chi connectivity index (χ2v) is 8.53. The SMILES string of the molecule is N#Cc1cc(F)cc([C@@H]2CCON2C(=O)[C@H]2CC[C@H](Cc3ccc(F)c(C#N)c3)CC2)c1. The highest BCUT2D eigenvalue weighted by atomic mass is 19.1. The molecule has 0 unspecified atom stereocenters. The maximum atomic E-state index is 13.9. The van der Waals surface area contributed by atoms with E-state index in [4.69, 9.17) is 15.4 Å². The molecule has 1 atom stereocenters. The zero-order valence-corrected chi connectivity index (χ0v) is 17.6. The van der Waals surface area contributed by atoms with Crippen LogP contribution in [0.1, 0.15) is 60.4 Å². The average molecular weight is 435 g/mol. The summed E-state index contributed by atoms with van der Waals surface area (Å²) in [4.78, 5) is 18.8. The Morgan fingerprint density at radius 2 is 1.81 bits per heavy atom. The van der Waals surface area contributed by atoms with E-state index in [1.807, 2.05) is 12.1 Å². The van der Waals surface area contributed by atoms with Crippen LogP contribution in [-0.4, -0.2) is 17.6 Å². The van der Waals surface area contributed by atoms with Crippen molar-refractivity contribution in [1.29, 1.82) is 10.5 Å². The number of benzene rings is 2. The van der Waals surface area contributed by atoms with Gasteiger partial charge in [0.2, 0.25) is 5.91 Å². The van der Waals surface area contributed by atoms with E-state index in [0.29, 0.717) is 24.5 Å². The van der Waals surface area contributed by atoms with Gasteiger partial charge in [-0.2, -0.15) is 10.5 Å². The second kappa shape index (κ2) is 9.46. The van der Waals surface area contributed by atoms with E-state index in [9.17, 15) is 13.6 Å². The smallest absolute Gasteiger partial charge is 0.249 e. The second-order valence-electron chi connectivity index (χ2n) is 8.53. The maximum Gasteiger partial charge on any atom is 0.249 e. The van der Waals surface area contributed by atoms with Crippen LogP contribution in [0, 0.1) is 46.1 Å². The number of hydrogen-bond donors (Lipinski definition) is 0. The van der Waals surface area contributed by atoms with E-state index >= 15 is 0 Å². The van der Waals surface area contributed by atoms with Crippen LogP contribution >= 0.6 is 0 Å². The molecule has 2 aliphatic rings. The lowest BCUT2D eigenvalue weighted by molar-refractivity contribution is -0.183. The van der Waals surface area contributed by atoms with Gasteiger partial charge in [-0.1, -0.05) is 6.07 Å². The molecule has 2 aromatic carbocycles. The molecule has 1 amide bonds. The molecule has 1 saturated heterocycles. The standard InChI is InChI=1S/C25H23F2N3O2/c26-22-12-18(14-28)11-20(13-22)24-7-8-32-30(24)25(31)19-4-1-16(2-5-19)9-17-3-6-23(27)21(10-17)15-29/h3,6,10-13,16,19,24H,1-2,4-5,7-9H2/t16-,19-,24-/m0/s1. The highest BCUT2D eigenvalue weighted by molar-refractivity contribution is 5.78. The molecule has 0 N–H and O–H groups in total. The Labute approximate surface area is 185 Å². The van der Waals surface area contributed by atoms with Crippen molar-refractivity contribution in [2.45, 2.75) is 44.6 Å². The first-order chi connectivity index (χ1) is 15.5. The Balaban J connectivity index is 1.38. The number of nitrogens with zero attached hydrogens (tertiary/aromatic N) is 3. The van der Waals surface area contributed by atoms with Crippen LogP contribution in [0.2, 0.25) is 0 Å². The van der Waals surface area contributed by atoms with E-state index in [1.165, 1.54) is 23.3 Å². The molecule has 0 aromatic heterocycles. The highest BCUT2D eigenvalue weighted by Gasteiger charge is 2.37. The minimum Gasteiger partial charge on any atom is -0.272 e. The Kier molecular flexibility index (Phi) is 6.48. The number of halogens is 2. The summed E-state index contributed by atoms with van der Waals surface area (Å²) in [7, 11) is 0. The normalized spacial score (nSPS) is 22.9. The maximum absolute atomic E-state index is 13.9. The summed E-state index contributed by atoms with van der Waals surface area (Å²) >= 11 is 0. The number of amides is 1. The highest BCUT2D eigenvalue weighted by Crippen LogP contribution is 2.37. The van der Waals surface area contributed by atoms with Gasteiger partial charge in [-0.3, -0.25) is 9.63 Å². The fourth-order valence-electron chi connectivity index (χ4n) is 4.77. The molecular formula is C25H23F2N3O2. The molecule has 1 aliphatic heterocycles. The van der Waals surface area contributed by atoms with Gasteiger partial charge in [0, 0.05) is 12.3 Å². The topological polar surface area (TPSA) is 77.1 Å². The third-order valence-electron chi connectivity index (χ3n) is 6.43. The van der Waals surface area contributed by atoms with Gasteiger partial charge in [0.1, 0.15) is 17.7 Å². The molecule has 1 saturated carbocycles. The Morgan fingerprint density at radius 3 is 2.53 bits per heavy atom. The summed E-state index contributed by atoms with van der Waals surface area (Å²) in [5, 5.41) is 19.5. The van der Waals surface area contributed by atoms with Crippen molar-refractivity contribution in [1.82, 2.24) is 5.06 Å². The largest absolute Gasteiger partial charge is 0.272 e. The Bertz CT molecular complexity index is 1100. The van der Waals surface area contributed by atoms with Crippen molar-refractivity contribution in [3.63, 3.8) is 0 Å². The Morgan fingerprint density at radius 1 is 1.03 bits per heavy atom. The van der Waals surface area contributed by atoms with Gasteiger partial charge >= 0.3 is 0 Å². The third kappa shape index (κ3) is 4.64. The van der Waals surface area contributed by atoms with Crippen molar-refractivity contribution in [3.8, 4) is 12.1 Å². The molecule has 1 heterocycles. The van der Waals surface area contributed by atoms with Crippen LogP contribution in [0.25, 0.3) is 0 Å². The van der Waals surface area contributed by atoms with E-state index in [0.717, 1.165) is 37.7 Å². The first-order valence-electron chi connectivity index (χ1n) is 10.8. The van der Waals surface area contributed by atoms with Crippen LogP contribution < -0.4 is 0 Å². The summed E-state index contributed by atoms with van der Waals surface area (Å²) in [6.45, 7) is 0.371. The van der Waals surface area contributed by atoms with E-state index in [-0.39, 0.29) is 23.0 Å². The quantitative estimate of drug-likeness (QED) is 0.680. The van der Waals surface area contributed by atoms with Crippen molar-refractivity contribution in [2.75, 3.05) is 6.61 Å². The summed E-state index contributed by atoms with van der Waals surface area (Å²) < 4.78 is 27.5. The van der Waals surface area contributed by atoms with Gasteiger partial charge in [0.15, 0.2) is 0 Å². The number of hydroxylamine groups is 2. The number of nitriles is 2. The fraction of sp³-hybridized carbons (Fsp3) is 0.400. The lowest BCUT2D eigenvalue weighted by Crippen LogP contribution is -2.36. The molecule has 0 radical (unpaired) electrons. The predicted molar refractivity (Wildman–Crippen MR) is 112 cm³/mol. The summed E-state index contributed by atoms with van der Waals surface area (Å²) in [6.07, 6.45) is 4.45. The summed E-state index contributed by atoms with van der Waals surface area (Å²) in [5.74, 6) is -0.904. The molecule has 5 nitrogen and oxygen atoms in total. The molecular weight excluding hydrogens is 412 g/mol. The molecule has 0 spiro atoms. The minimum absolute atomic E-state index is 0.0560. The van der Waals surface area contributed by atoms with E-state index in [2.05, 4.69) is 0 Å². The zero-order valence-electron chi connectivity index (χ0n) is 17.6. The van der Waals surface area contributed by atoms with E-state index in [1.54, 1.807) is 18.2 Å². The van der Waals surface area contributed by atoms with Crippen LogP contribution in [0.3, 0.4) is 0 Å². The van der Waals surface area contributed by atoms with Crippen LogP contribution in [-0.2, 0) is 16.1 Å². The number of hydrogen-bond acceptors (Lipinski definition) is 4. The average Bonchev–Trinajstić information content (AvgIpc) is 3.30. The van der Waals surface area contributed by atoms with Gasteiger partial charge < -0.3 is 0 Å². The zero-order chi connectivity index (χ0) is 22.7. The van der Waals surface area contributed by atoms with Crippen LogP contribution in [0.15, 0.2) is 36.4 Å². The molecule has 2 fully saturated rings. The molecule has 7 heteroatoms. The molecule has 164 valence electrons. The molecule has 1 aliphatic carbocycles. The van der Waals surface area contributed by atoms with Gasteiger partial charge in [-0.25, -0.2) is 13.8 Å². The molecule has 2 aromatic rings. The van der Waals surface area contributed by atoms with Gasteiger partial charge in [-0.15, -0.1) is 0 Å². The summed E-state index contributed by atoms with van der Waals surface area (Å²) in [6, 6.07) is 12.2. The molecule has 4 rings (SSSR count). The van der Waals surface area contributed by atoms with Crippen LogP contribution in [0.4, 0.5) is 8.78 Å². The van der Waals surface area contributed by atoms with Crippen LogP contribution in [0.5, 0.6) is 0 Å². The number of carbonyl (C=O) groups is 1. The van der Waals surface area contributed by atoms with Crippen molar-refractivity contribution in [2.24, 2.45) is 11.8 Å². The monoisotopic (exact) mass is 435 g/mol. The van der Waals surface area contributed by atoms with Crippen molar-refractivity contribution in [3.05, 3.63) is 70.3 Å². The third-order valence-corrected chi connectivity index (χ3v) is 6.43. The minimum atomic E-state index is -0.508. The van der Waals surface area contributed by atoms with Gasteiger partial charge in [-0.05, 0) is 79.5 Å². The lowest BCUT2D eigenvalue weighted by Gasteiger charge is -2.32. The van der Waals surface area contributed by atoms with Gasteiger partial charge in [0.25, 0.3) is 0 Å². The number of carbonyl (C=O) groups excluding carboxylic acids is 1. The summed E-state index contributed by atoms with van der Waals surface area (Å²) in [5.41, 5.74) is 1.78. The first kappa shape index (κ1) is 21.9. The molecule has 0 bridgehead atoms. The van der Waals surface area contributed by atoms with Gasteiger partial charge in [0.05, 0.1) is 29.8 Å². The first-order valence-corrected chi connectivity index (χ1v) is 10.8. The number of rotatable bonds is 4. The van der Waals surface area contributed by atoms with Crippen molar-refractivity contribution >= 4 is 5.91 Å². The predicted octanol–water partition coefficient (Wildman–Crippen LogP) is 4.96. The lowest BCUT2D eigenvalue weighted by atomic mass is 9.78. The fourth-order valence-corrected chi connectivity index (χ4v) is 4.77.